The summed E-state index contributed by atoms with van der Waals surface area (Å²) in [6, 6.07) is 8.35. The van der Waals surface area contributed by atoms with Crippen LogP contribution in [0.15, 0.2) is 70.4 Å². The fraction of sp³-hybridized carbons (Fsp3) is 0.559. The minimum atomic E-state index is -1.93. The van der Waals surface area contributed by atoms with Crippen LogP contribution < -0.4 is 26.1 Å². The summed E-state index contributed by atoms with van der Waals surface area (Å²) in [4.78, 5) is 66.8. The van der Waals surface area contributed by atoms with Crippen molar-refractivity contribution >= 4 is 40.5 Å². The third kappa shape index (κ3) is 11.1. The molecule has 8 atom stereocenters. The maximum atomic E-state index is 14.9. The van der Waals surface area contributed by atoms with Gasteiger partial charge in [0.1, 0.15) is 28.6 Å². The smallest absolute Gasteiger partial charge is 0.312 e. The lowest BCUT2D eigenvalue weighted by Crippen LogP contribution is -2.44. The number of aliphatic hydroxyl groups is 2. The zero-order chi connectivity index (χ0) is 54.1. The summed E-state index contributed by atoms with van der Waals surface area (Å²) in [5.74, 6) is -6.03. The number of nitrogens with one attached hydrogen (secondary N) is 2. The lowest BCUT2D eigenvalue weighted by atomic mass is 9.77. The number of carbonyl (C=O) groups excluding carboxylic acids is 4. The average molecular weight is 1030 g/mol. The van der Waals surface area contributed by atoms with Crippen molar-refractivity contribution in [1.29, 1.82) is 0 Å². The number of esters is 1. The van der Waals surface area contributed by atoms with Crippen LogP contribution >= 0.6 is 0 Å². The van der Waals surface area contributed by atoms with Crippen molar-refractivity contribution in [3.05, 3.63) is 93.4 Å². The number of likely N-dealkylation sites (tertiary alicyclic amines) is 1. The molecule has 5 heterocycles. The van der Waals surface area contributed by atoms with Gasteiger partial charge in [0.2, 0.25) is 6.41 Å². The summed E-state index contributed by atoms with van der Waals surface area (Å²) in [7, 11) is 0. The number of allylic oxidation sites excluding steroid dienone is 3. The Morgan fingerprint density at radius 3 is 2.31 bits per heavy atom. The van der Waals surface area contributed by atoms with Crippen molar-refractivity contribution in [2.24, 2.45) is 45.0 Å². The molecule has 3 unspecified atom stereocenters. The summed E-state index contributed by atoms with van der Waals surface area (Å²) in [5, 5.41) is 54.0. The van der Waals surface area contributed by atoms with Crippen LogP contribution in [0.4, 0.5) is 5.69 Å². The first-order valence-electron chi connectivity index (χ1n) is 26.9. The first-order chi connectivity index (χ1) is 35.6. The number of carbonyl (C=O) groups is 4. The van der Waals surface area contributed by atoms with E-state index in [9.17, 15) is 39.6 Å². The molecule has 16 heteroatoms. The molecule has 9 rings (SSSR count). The van der Waals surface area contributed by atoms with E-state index in [0.29, 0.717) is 51.2 Å². The number of benzene rings is 3. The van der Waals surface area contributed by atoms with E-state index in [4.69, 9.17) is 24.2 Å². The number of nitrogens with zero attached hydrogens (tertiary/aromatic N) is 3. The lowest BCUT2D eigenvalue weighted by molar-refractivity contribution is -0.160. The number of aromatic hydroxyl groups is 2. The van der Waals surface area contributed by atoms with Crippen molar-refractivity contribution in [3.63, 3.8) is 0 Å². The molecule has 0 radical (unpaired) electrons. The number of aliphatic hydroxyl groups excluding tert-OH is 2. The molecule has 5 aliphatic heterocycles. The molecule has 1 spiro atoms. The number of anilines is 1. The molecule has 5 bridgehead atoms. The number of amides is 2. The predicted octanol–water partition coefficient (Wildman–Crippen LogP) is 7.20. The molecule has 2 amide bonds. The van der Waals surface area contributed by atoms with Crippen molar-refractivity contribution < 1.29 is 53.8 Å². The van der Waals surface area contributed by atoms with E-state index >= 15 is 0 Å². The van der Waals surface area contributed by atoms with Crippen LogP contribution in [-0.4, -0.2) is 105 Å². The van der Waals surface area contributed by atoms with Gasteiger partial charge in [0.05, 0.1) is 34.8 Å². The molecule has 0 saturated carbocycles. The van der Waals surface area contributed by atoms with E-state index in [-0.39, 0.29) is 73.6 Å². The number of phenolic OH excluding ortho intramolecular Hbond substituents is 2. The third-order valence-corrected chi connectivity index (χ3v) is 16.7. The van der Waals surface area contributed by atoms with Gasteiger partial charge in [-0.15, -0.1) is 0 Å². The summed E-state index contributed by atoms with van der Waals surface area (Å²) in [5.41, 5.74) is 1.91. The summed E-state index contributed by atoms with van der Waals surface area (Å²) in [6.07, 6.45) is 11.1. The van der Waals surface area contributed by atoms with Gasteiger partial charge >= 0.3 is 11.8 Å². The van der Waals surface area contributed by atoms with Gasteiger partial charge < -0.3 is 50.2 Å². The average Bonchev–Trinajstić information content (AvgIpc) is 4.08. The fourth-order valence-electron chi connectivity index (χ4n) is 12.2. The largest absolute Gasteiger partial charge is 0.507 e. The number of ether oxygens (including phenoxy) is 3. The maximum Gasteiger partial charge on any atom is 0.312 e. The molecule has 3 aromatic carbocycles. The molecule has 404 valence electrons. The van der Waals surface area contributed by atoms with E-state index in [0.717, 1.165) is 32.2 Å². The van der Waals surface area contributed by atoms with E-state index in [1.807, 2.05) is 32.9 Å². The Balaban J connectivity index is 1.12. The number of Topliss-reactive ketones (excluding diaryl/α,β-unsaturated/α-hetero) is 1. The molecular weight excluding hydrogens is 955 g/mol. The zero-order valence-corrected chi connectivity index (χ0v) is 45.1. The van der Waals surface area contributed by atoms with E-state index < -0.39 is 76.8 Å². The highest BCUT2D eigenvalue weighted by Crippen LogP contribution is 2.50. The van der Waals surface area contributed by atoms with Crippen LogP contribution in [-0.2, 0) is 36.7 Å². The van der Waals surface area contributed by atoms with Crippen LogP contribution in [0.3, 0.4) is 0 Å². The molecule has 75 heavy (non-hydrogen) atoms. The molecule has 6 N–H and O–H groups in total. The Labute approximate surface area is 440 Å². The van der Waals surface area contributed by atoms with Gasteiger partial charge in [0.15, 0.2) is 11.4 Å². The highest BCUT2D eigenvalue weighted by molar-refractivity contribution is 6.19. The minimum absolute atomic E-state index is 0.0512. The summed E-state index contributed by atoms with van der Waals surface area (Å²) in [6.45, 7) is 19.1. The SMILES string of the molecule is C/C1=C/C=C/[C@H](C)[C@H](O)[C@@H](C)C(O)[C@@H](C)C(OC(=O)CCCC2(CCNC=O)Cc3ccccc3C2)[C@H](C)C/C=C/OC2(C)Oc3c(C)c(O)c4c(O)c(c5c(c4c3C2=O)=NC2(CCN(CC(C)C)CC2)N=5)NC1=O. The standard InChI is InChI=1S/C59H77N5O11/c1-33(2)31-64-26-23-59(24-27-64)62-46-43-44-51(69)39(8)54-45(43)55(71)57(9,75-54)73-28-14-17-35(4)53(74-42(66)20-13-21-58(22-25-60-32-65)29-40-18-10-11-19-41(40)30-58)38(7)50(68)37(6)49(67)34(3)15-12-16-36(5)56(72)61-48(52(44)70)47(46)63-59/h10-12,14-16,18-19,28,32-35,37-38,49-50,53,67-70H,13,17,20-27,29-31H2,1-9H3,(H,60,65)(H,61,72)/b15-12+,28-14+,36-16-/t34-,35+,37+,38+,49-,50?,53?,57?/m0/s1. The van der Waals surface area contributed by atoms with Gasteiger partial charge in [-0.1, -0.05) is 84.0 Å². The molecule has 3 aromatic rings. The van der Waals surface area contributed by atoms with Crippen LogP contribution in [0.25, 0.3) is 10.8 Å². The first-order valence-corrected chi connectivity index (χ1v) is 26.9. The Hall–Kier alpha value is -6.10. The van der Waals surface area contributed by atoms with Crippen LogP contribution in [0.2, 0.25) is 0 Å². The normalized spacial score (nSPS) is 29.1. The number of piperidine rings is 1. The van der Waals surface area contributed by atoms with Gasteiger partial charge in [0.25, 0.3) is 11.7 Å². The summed E-state index contributed by atoms with van der Waals surface area (Å²) < 4.78 is 18.9. The number of phenols is 2. The molecule has 1 aliphatic carbocycles. The molecule has 0 aromatic heterocycles. The monoisotopic (exact) mass is 1030 g/mol. The second-order valence-electron chi connectivity index (χ2n) is 22.8. The van der Waals surface area contributed by atoms with Crippen LogP contribution in [0.1, 0.15) is 127 Å². The first kappa shape index (κ1) is 55.1. The Morgan fingerprint density at radius 1 is 0.960 bits per heavy atom. The minimum Gasteiger partial charge on any atom is -0.507 e. The van der Waals surface area contributed by atoms with Gasteiger partial charge in [-0.05, 0) is 86.8 Å². The third-order valence-electron chi connectivity index (χ3n) is 16.7. The summed E-state index contributed by atoms with van der Waals surface area (Å²) >= 11 is 0. The Bertz CT molecular complexity index is 2900. The number of fused-ring (bicyclic) bond motifs is 14. The number of ketones is 1. The predicted molar refractivity (Wildman–Crippen MR) is 285 cm³/mol. The van der Waals surface area contributed by atoms with E-state index in [1.54, 1.807) is 45.1 Å². The van der Waals surface area contributed by atoms with Crippen molar-refractivity contribution in [3.8, 4) is 17.2 Å². The van der Waals surface area contributed by atoms with Gasteiger partial charge in [-0.25, -0.2) is 0 Å². The van der Waals surface area contributed by atoms with E-state index in [1.165, 1.54) is 24.3 Å². The molecular formula is C59H77N5O11. The van der Waals surface area contributed by atoms with Crippen molar-refractivity contribution in [1.82, 2.24) is 10.2 Å². The van der Waals surface area contributed by atoms with Crippen LogP contribution in [0, 0.1) is 41.9 Å². The Kier molecular flexibility index (Phi) is 16.3. The fourth-order valence-corrected chi connectivity index (χ4v) is 12.2. The molecule has 1 saturated heterocycles. The highest BCUT2D eigenvalue weighted by atomic mass is 16.7. The van der Waals surface area contributed by atoms with Gasteiger partial charge in [0, 0.05) is 86.6 Å². The topological polar surface area (TPSA) is 229 Å². The van der Waals surface area contributed by atoms with Crippen molar-refractivity contribution in [2.75, 3.05) is 31.5 Å². The lowest BCUT2D eigenvalue weighted by Gasteiger charge is -2.36. The quantitative estimate of drug-likeness (QED) is 0.0485. The second-order valence-corrected chi connectivity index (χ2v) is 22.8. The van der Waals surface area contributed by atoms with Crippen LogP contribution in [0.5, 0.6) is 17.2 Å². The Morgan fingerprint density at radius 2 is 1.64 bits per heavy atom. The number of hydrogen-bond acceptors (Lipinski definition) is 14. The van der Waals surface area contributed by atoms with E-state index in [2.05, 4.69) is 41.5 Å². The van der Waals surface area contributed by atoms with Crippen molar-refractivity contribution in [2.45, 2.75) is 150 Å². The highest BCUT2D eigenvalue weighted by Gasteiger charge is 2.50. The number of rotatable bonds is 11. The molecule has 1 fully saturated rings. The van der Waals surface area contributed by atoms with Gasteiger partial charge in [-0.3, -0.25) is 29.2 Å². The molecule has 6 aliphatic rings. The number of hydrogen-bond donors (Lipinski definition) is 6. The van der Waals surface area contributed by atoms with Gasteiger partial charge in [-0.2, -0.15) is 0 Å². The zero-order valence-electron chi connectivity index (χ0n) is 45.1. The molecule has 16 nitrogen and oxygen atoms in total. The second kappa shape index (κ2) is 22.2. The maximum absolute atomic E-state index is 14.9.